The van der Waals surface area contributed by atoms with E-state index in [9.17, 15) is 0 Å². The SMILES string of the molecule is Cc1csc(-c2nc(C3CC4CCC3C4)no2)c1N. The molecule has 100 valence electrons. The zero-order chi connectivity index (χ0) is 13.0. The number of fused-ring (bicyclic) bond motifs is 2. The number of hydrogen-bond acceptors (Lipinski definition) is 5. The van der Waals surface area contributed by atoms with Crippen molar-refractivity contribution in [3.63, 3.8) is 0 Å². The minimum Gasteiger partial charge on any atom is -0.397 e. The van der Waals surface area contributed by atoms with Crippen LogP contribution in [0.15, 0.2) is 9.90 Å². The topological polar surface area (TPSA) is 64.9 Å². The van der Waals surface area contributed by atoms with Gasteiger partial charge in [0.25, 0.3) is 5.89 Å². The summed E-state index contributed by atoms with van der Waals surface area (Å²) in [5.41, 5.74) is 7.89. The van der Waals surface area contributed by atoms with E-state index in [0.717, 1.165) is 33.8 Å². The smallest absolute Gasteiger partial charge is 0.270 e. The lowest BCUT2D eigenvalue weighted by Crippen LogP contribution is -2.09. The average molecular weight is 275 g/mol. The molecule has 2 aliphatic rings. The molecule has 4 rings (SSSR count). The van der Waals surface area contributed by atoms with E-state index >= 15 is 0 Å². The molecule has 2 heterocycles. The molecule has 0 aliphatic heterocycles. The van der Waals surface area contributed by atoms with Gasteiger partial charge in [0, 0.05) is 5.92 Å². The zero-order valence-electron chi connectivity index (χ0n) is 10.9. The molecule has 2 aromatic heterocycles. The van der Waals surface area contributed by atoms with Crippen LogP contribution in [0.4, 0.5) is 5.69 Å². The van der Waals surface area contributed by atoms with Crippen molar-refractivity contribution in [3.05, 3.63) is 16.8 Å². The third-order valence-corrected chi connectivity index (χ3v) is 5.83. The Morgan fingerprint density at radius 3 is 2.89 bits per heavy atom. The van der Waals surface area contributed by atoms with Gasteiger partial charge in [0.1, 0.15) is 4.88 Å². The summed E-state index contributed by atoms with van der Waals surface area (Å²) in [4.78, 5) is 5.52. The van der Waals surface area contributed by atoms with Crippen molar-refractivity contribution in [1.29, 1.82) is 0 Å². The van der Waals surface area contributed by atoms with Crippen LogP contribution in [0.1, 0.15) is 43.0 Å². The first-order valence-corrected chi connectivity index (χ1v) is 7.78. The number of nitrogens with zero attached hydrogens (tertiary/aromatic N) is 2. The van der Waals surface area contributed by atoms with Crippen molar-refractivity contribution in [2.24, 2.45) is 11.8 Å². The van der Waals surface area contributed by atoms with Gasteiger partial charge in [-0.3, -0.25) is 0 Å². The molecule has 2 saturated carbocycles. The zero-order valence-corrected chi connectivity index (χ0v) is 11.7. The number of rotatable bonds is 2. The molecule has 19 heavy (non-hydrogen) atoms. The molecular weight excluding hydrogens is 258 g/mol. The fourth-order valence-corrected chi connectivity index (χ4v) is 4.55. The predicted octanol–water partition coefficient (Wildman–Crippen LogP) is 3.59. The molecule has 2 N–H and O–H groups in total. The van der Waals surface area contributed by atoms with Gasteiger partial charge in [-0.25, -0.2) is 0 Å². The summed E-state index contributed by atoms with van der Waals surface area (Å²) >= 11 is 1.58. The van der Waals surface area contributed by atoms with Gasteiger partial charge in [-0.2, -0.15) is 4.98 Å². The normalized spacial score (nSPS) is 29.2. The second kappa shape index (κ2) is 4.07. The minimum atomic E-state index is 0.513. The minimum absolute atomic E-state index is 0.513. The highest BCUT2D eigenvalue weighted by Gasteiger charge is 2.42. The van der Waals surface area contributed by atoms with Crippen molar-refractivity contribution >= 4 is 17.0 Å². The summed E-state index contributed by atoms with van der Waals surface area (Å²) in [5, 5.41) is 6.24. The maximum absolute atomic E-state index is 6.04. The second-order valence-corrected chi connectivity index (χ2v) is 6.78. The standard InChI is InChI=1S/C14H17N3OS/c1-7-6-19-12(11(7)15)14-16-13(17-18-14)10-5-8-2-3-9(10)4-8/h6,8-10H,2-5,15H2,1H3. The molecule has 2 bridgehead atoms. The first-order chi connectivity index (χ1) is 9.22. The van der Waals surface area contributed by atoms with Crippen LogP contribution in [-0.4, -0.2) is 10.1 Å². The number of aromatic nitrogens is 2. The van der Waals surface area contributed by atoms with Crippen molar-refractivity contribution in [1.82, 2.24) is 10.1 Å². The van der Waals surface area contributed by atoms with Crippen LogP contribution in [0.5, 0.6) is 0 Å². The molecule has 2 fully saturated rings. The molecule has 5 heteroatoms. The van der Waals surface area contributed by atoms with E-state index < -0.39 is 0 Å². The molecule has 0 spiro atoms. The number of nitrogens with two attached hydrogens (primary N) is 1. The van der Waals surface area contributed by atoms with E-state index in [1.165, 1.54) is 25.7 Å². The molecule has 0 radical (unpaired) electrons. The first kappa shape index (κ1) is 11.5. The van der Waals surface area contributed by atoms with Crippen LogP contribution in [0.25, 0.3) is 10.8 Å². The first-order valence-electron chi connectivity index (χ1n) is 6.90. The van der Waals surface area contributed by atoms with Gasteiger partial charge in [0.15, 0.2) is 5.82 Å². The third kappa shape index (κ3) is 1.71. The number of thiophene rings is 1. The molecule has 2 aliphatic carbocycles. The fourth-order valence-electron chi connectivity index (χ4n) is 3.66. The average Bonchev–Trinajstić information content (AvgIpc) is 3.15. The van der Waals surface area contributed by atoms with Crippen LogP contribution in [0, 0.1) is 18.8 Å². The molecule has 0 amide bonds. The van der Waals surface area contributed by atoms with Crippen LogP contribution >= 0.6 is 11.3 Å². The molecule has 0 saturated heterocycles. The van der Waals surface area contributed by atoms with Crippen molar-refractivity contribution in [2.45, 2.75) is 38.5 Å². The highest BCUT2D eigenvalue weighted by molar-refractivity contribution is 7.14. The maximum Gasteiger partial charge on any atom is 0.270 e. The number of hydrogen-bond donors (Lipinski definition) is 1. The van der Waals surface area contributed by atoms with Gasteiger partial charge in [-0.1, -0.05) is 11.6 Å². The van der Waals surface area contributed by atoms with Gasteiger partial charge < -0.3 is 10.3 Å². The Morgan fingerprint density at radius 2 is 2.26 bits per heavy atom. The van der Waals surface area contributed by atoms with E-state index in [0.29, 0.717) is 11.8 Å². The molecule has 3 unspecified atom stereocenters. The van der Waals surface area contributed by atoms with E-state index in [-0.39, 0.29) is 0 Å². The molecular formula is C14H17N3OS. The predicted molar refractivity (Wildman–Crippen MR) is 74.9 cm³/mol. The Hall–Kier alpha value is -1.36. The lowest BCUT2D eigenvalue weighted by Gasteiger charge is -2.17. The van der Waals surface area contributed by atoms with Gasteiger partial charge in [0.2, 0.25) is 0 Å². The lowest BCUT2D eigenvalue weighted by atomic mass is 9.88. The van der Waals surface area contributed by atoms with E-state index in [1.807, 2.05) is 12.3 Å². The Labute approximate surface area is 116 Å². The second-order valence-electron chi connectivity index (χ2n) is 5.90. The summed E-state index contributed by atoms with van der Waals surface area (Å²) in [5.74, 6) is 3.67. The Kier molecular flexibility index (Phi) is 2.45. The van der Waals surface area contributed by atoms with Crippen LogP contribution in [0.3, 0.4) is 0 Å². The fraction of sp³-hybridized carbons (Fsp3) is 0.571. The highest BCUT2D eigenvalue weighted by atomic mass is 32.1. The maximum atomic E-state index is 6.04. The number of anilines is 1. The summed E-state index contributed by atoms with van der Waals surface area (Å²) in [6.45, 7) is 2.00. The summed E-state index contributed by atoms with van der Waals surface area (Å²) < 4.78 is 5.43. The van der Waals surface area contributed by atoms with Gasteiger partial charge in [0.05, 0.1) is 5.69 Å². The number of aryl methyl sites for hydroxylation is 1. The van der Waals surface area contributed by atoms with Gasteiger partial charge in [-0.05, 0) is 49.0 Å². The molecule has 0 aromatic carbocycles. The Morgan fingerprint density at radius 1 is 1.37 bits per heavy atom. The van der Waals surface area contributed by atoms with E-state index in [1.54, 1.807) is 11.3 Å². The van der Waals surface area contributed by atoms with Crippen LogP contribution in [0.2, 0.25) is 0 Å². The molecule has 2 aromatic rings. The highest BCUT2D eigenvalue weighted by Crippen LogP contribution is 2.52. The lowest BCUT2D eigenvalue weighted by molar-refractivity contribution is 0.372. The third-order valence-electron chi connectivity index (χ3n) is 4.73. The van der Waals surface area contributed by atoms with Gasteiger partial charge >= 0.3 is 0 Å². The largest absolute Gasteiger partial charge is 0.397 e. The Bertz CT molecular complexity index is 618. The summed E-state index contributed by atoms with van der Waals surface area (Å²) in [6.07, 6.45) is 5.32. The summed E-state index contributed by atoms with van der Waals surface area (Å²) in [6, 6.07) is 0. The van der Waals surface area contributed by atoms with Crippen molar-refractivity contribution in [2.75, 3.05) is 5.73 Å². The molecule has 3 atom stereocenters. The molecule has 4 nitrogen and oxygen atoms in total. The monoisotopic (exact) mass is 275 g/mol. The van der Waals surface area contributed by atoms with Crippen LogP contribution in [-0.2, 0) is 0 Å². The van der Waals surface area contributed by atoms with Crippen molar-refractivity contribution in [3.8, 4) is 10.8 Å². The van der Waals surface area contributed by atoms with Crippen molar-refractivity contribution < 1.29 is 4.52 Å². The summed E-state index contributed by atoms with van der Waals surface area (Å²) in [7, 11) is 0. The van der Waals surface area contributed by atoms with E-state index in [2.05, 4.69) is 10.1 Å². The quantitative estimate of drug-likeness (QED) is 0.909. The Balaban J connectivity index is 1.65. The van der Waals surface area contributed by atoms with E-state index in [4.69, 9.17) is 10.3 Å². The van der Waals surface area contributed by atoms with Crippen LogP contribution < -0.4 is 5.73 Å². The number of nitrogen functional groups attached to an aromatic ring is 1. The van der Waals surface area contributed by atoms with Gasteiger partial charge in [-0.15, -0.1) is 11.3 Å².